The monoisotopic (exact) mass is 602 g/mol. The lowest BCUT2D eigenvalue weighted by molar-refractivity contribution is -0.704. The molecule has 1 rings (SSSR count). The standard InChI is InChI=1S/C41H81N2/c1-4-7-10-13-16-18-20-22-24-26-28-31-34-37-42-39-40-43(41(42)36-33-30-15-12-9-6-3)38-35-32-29-27-25-23-21-19-17-14-11-8-5-2/h39-40H,4-38H2,1-3H3/q+1. The Bertz CT molecular complexity index is 615. The SMILES string of the molecule is CCCCCCCCCCCCCCCn1cc[n+](CCCCCCCCCCCCCCC)c1CCCCCCCC. The van der Waals surface area contributed by atoms with Crippen molar-refractivity contribution in [2.75, 3.05) is 0 Å². The van der Waals surface area contributed by atoms with Crippen molar-refractivity contribution in [2.45, 2.75) is 246 Å². The van der Waals surface area contributed by atoms with Gasteiger partial charge in [0.1, 0.15) is 12.4 Å². The Kier molecular flexibility index (Phi) is 30.5. The topological polar surface area (TPSA) is 8.81 Å². The van der Waals surface area contributed by atoms with Crippen molar-refractivity contribution in [1.29, 1.82) is 0 Å². The first-order valence-corrected chi connectivity index (χ1v) is 20.4. The number of unbranched alkanes of at least 4 members (excludes halogenated alkanes) is 29. The van der Waals surface area contributed by atoms with Gasteiger partial charge in [0.25, 0.3) is 5.82 Å². The molecule has 0 spiro atoms. The minimum absolute atomic E-state index is 1.23. The van der Waals surface area contributed by atoms with E-state index in [-0.39, 0.29) is 0 Å². The van der Waals surface area contributed by atoms with Gasteiger partial charge in [0, 0.05) is 6.42 Å². The van der Waals surface area contributed by atoms with E-state index in [0.29, 0.717) is 0 Å². The molecule has 0 aliphatic carbocycles. The maximum atomic E-state index is 2.63. The Morgan fingerprint density at radius 1 is 0.395 bits per heavy atom. The van der Waals surface area contributed by atoms with Crippen LogP contribution in [0.1, 0.15) is 232 Å². The lowest BCUT2D eigenvalue weighted by Gasteiger charge is -2.07. The van der Waals surface area contributed by atoms with Crippen LogP contribution in [0.4, 0.5) is 0 Å². The zero-order chi connectivity index (χ0) is 30.9. The molecule has 0 aliphatic heterocycles. The highest BCUT2D eigenvalue weighted by Gasteiger charge is 2.16. The number of rotatable bonds is 35. The highest BCUT2D eigenvalue weighted by molar-refractivity contribution is 4.84. The summed E-state index contributed by atoms with van der Waals surface area (Å²) in [7, 11) is 0. The largest absolute Gasteiger partial charge is 0.256 e. The van der Waals surface area contributed by atoms with Crippen molar-refractivity contribution in [3.05, 3.63) is 18.2 Å². The predicted molar refractivity (Wildman–Crippen MR) is 193 cm³/mol. The molecule has 2 heteroatoms. The van der Waals surface area contributed by atoms with Crippen LogP contribution in [0.15, 0.2) is 12.4 Å². The van der Waals surface area contributed by atoms with Crippen LogP contribution in [-0.2, 0) is 19.5 Å². The first-order chi connectivity index (χ1) is 21.3. The molecule has 0 N–H and O–H groups in total. The van der Waals surface area contributed by atoms with E-state index in [1.807, 2.05) is 0 Å². The van der Waals surface area contributed by atoms with Gasteiger partial charge in [0.05, 0.1) is 13.1 Å². The number of nitrogens with zero attached hydrogens (tertiary/aromatic N) is 2. The van der Waals surface area contributed by atoms with Crippen molar-refractivity contribution < 1.29 is 4.57 Å². The summed E-state index contributed by atoms with van der Waals surface area (Å²) in [5, 5.41) is 0. The third-order valence-corrected chi connectivity index (χ3v) is 9.85. The van der Waals surface area contributed by atoms with Crippen molar-refractivity contribution in [3.8, 4) is 0 Å². The predicted octanol–water partition coefficient (Wildman–Crippen LogP) is 13.9. The van der Waals surface area contributed by atoms with Gasteiger partial charge in [-0.25, -0.2) is 9.13 Å². The molecule has 0 saturated carbocycles. The second-order valence-electron chi connectivity index (χ2n) is 14.1. The summed E-state index contributed by atoms with van der Waals surface area (Å²) in [5.74, 6) is 1.62. The first kappa shape index (κ1) is 40.2. The minimum Gasteiger partial charge on any atom is -0.234 e. The van der Waals surface area contributed by atoms with Crippen molar-refractivity contribution in [2.24, 2.45) is 0 Å². The van der Waals surface area contributed by atoms with Gasteiger partial charge in [-0.3, -0.25) is 0 Å². The average Bonchev–Trinajstić information content (AvgIpc) is 3.40. The van der Waals surface area contributed by atoms with Crippen LogP contribution in [-0.4, -0.2) is 4.57 Å². The summed E-state index contributed by atoms with van der Waals surface area (Å²) in [5.41, 5.74) is 0. The van der Waals surface area contributed by atoms with E-state index in [9.17, 15) is 0 Å². The van der Waals surface area contributed by atoms with E-state index in [1.54, 1.807) is 5.82 Å². The molecular formula is C41H81N2+. The molecule has 1 aromatic heterocycles. The highest BCUT2D eigenvalue weighted by Crippen LogP contribution is 2.15. The van der Waals surface area contributed by atoms with Gasteiger partial charge in [-0.1, -0.05) is 194 Å². The van der Waals surface area contributed by atoms with Crippen LogP contribution < -0.4 is 4.57 Å². The first-order valence-electron chi connectivity index (χ1n) is 20.4. The zero-order valence-electron chi connectivity index (χ0n) is 30.3. The zero-order valence-corrected chi connectivity index (χ0v) is 30.3. The molecule has 43 heavy (non-hydrogen) atoms. The van der Waals surface area contributed by atoms with Crippen molar-refractivity contribution >= 4 is 0 Å². The fraction of sp³-hybridized carbons (Fsp3) is 0.927. The van der Waals surface area contributed by atoms with Gasteiger partial charge >= 0.3 is 0 Å². The molecule has 0 fully saturated rings. The Labute approximate surface area is 272 Å². The van der Waals surface area contributed by atoms with E-state index >= 15 is 0 Å². The summed E-state index contributed by atoms with van der Waals surface area (Å²) in [6, 6.07) is 0. The Hall–Kier alpha value is -0.790. The number of aromatic nitrogens is 2. The molecule has 1 aromatic rings. The van der Waals surface area contributed by atoms with E-state index in [2.05, 4.69) is 42.3 Å². The molecule has 2 nitrogen and oxygen atoms in total. The second-order valence-corrected chi connectivity index (χ2v) is 14.1. The number of hydrogen-bond donors (Lipinski definition) is 0. The van der Waals surface area contributed by atoms with Crippen LogP contribution in [0.2, 0.25) is 0 Å². The highest BCUT2D eigenvalue weighted by atomic mass is 15.1. The molecule has 0 aliphatic rings. The smallest absolute Gasteiger partial charge is 0.234 e. The minimum atomic E-state index is 1.23. The van der Waals surface area contributed by atoms with E-state index in [0.717, 1.165) is 0 Å². The molecular weight excluding hydrogens is 520 g/mol. The lowest BCUT2D eigenvalue weighted by Crippen LogP contribution is -2.37. The van der Waals surface area contributed by atoms with Crippen LogP contribution in [0, 0.1) is 0 Å². The maximum absolute atomic E-state index is 2.63. The summed E-state index contributed by atoms with van der Waals surface area (Å²) in [6.45, 7) is 9.41. The summed E-state index contributed by atoms with van der Waals surface area (Å²) >= 11 is 0. The fourth-order valence-electron chi connectivity index (χ4n) is 6.86. The van der Waals surface area contributed by atoms with E-state index < -0.39 is 0 Å². The van der Waals surface area contributed by atoms with Crippen LogP contribution in [0.3, 0.4) is 0 Å². The maximum Gasteiger partial charge on any atom is 0.256 e. The van der Waals surface area contributed by atoms with Gasteiger partial charge in [-0.05, 0) is 32.1 Å². The molecule has 0 saturated heterocycles. The van der Waals surface area contributed by atoms with Gasteiger partial charge in [0.15, 0.2) is 0 Å². The molecule has 0 atom stereocenters. The summed E-state index contributed by atoms with van der Waals surface area (Å²) in [6.07, 6.45) is 51.9. The van der Waals surface area contributed by atoms with Crippen LogP contribution in [0.25, 0.3) is 0 Å². The average molecular weight is 602 g/mol. The summed E-state index contributed by atoms with van der Waals surface area (Å²) in [4.78, 5) is 0. The molecule has 0 amide bonds. The summed E-state index contributed by atoms with van der Waals surface area (Å²) < 4.78 is 5.26. The van der Waals surface area contributed by atoms with Gasteiger partial charge in [-0.2, -0.15) is 0 Å². The van der Waals surface area contributed by atoms with E-state index in [1.165, 1.54) is 225 Å². The lowest BCUT2D eigenvalue weighted by atomic mass is 10.0. The van der Waals surface area contributed by atoms with Crippen molar-refractivity contribution in [1.82, 2.24) is 4.57 Å². The third kappa shape index (κ3) is 25.1. The second kappa shape index (κ2) is 32.6. The Morgan fingerprint density at radius 3 is 1.12 bits per heavy atom. The van der Waals surface area contributed by atoms with Crippen molar-refractivity contribution in [3.63, 3.8) is 0 Å². The molecule has 0 radical (unpaired) electrons. The number of hydrogen-bond acceptors (Lipinski definition) is 0. The van der Waals surface area contributed by atoms with Gasteiger partial charge < -0.3 is 0 Å². The molecule has 0 aromatic carbocycles. The Morgan fingerprint density at radius 2 is 0.721 bits per heavy atom. The Balaban J connectivity index is 2.22. The number of aryl methyl sites for hydroxylation is 2. The van der Waals surface area contributed by atoms with E-state index in [4.69, 9.17) is 0 Å². The van der Waals surface area contributed by atoms with Crippen LogP contribution in [0.5, 0.6) is 0 Å². The number of imidazole rings is 1. The quantitative estimate of drug-likeness (QED) is 0.0540. The molecule has 254 valence electrons. The molecule has 0 bridgehead atoms. The third-order valence-electron chi connectivity index (χ3n) is 9.85. The molecule has 0 unspecified atom stereocenters. The normalized spacial score (nSPS) is 11.6. The van der Waals surface area contributed by atoms with Gasteiger partial charge in [0.2, 0.25) is 0 Å². The molecule has 1 heterocycles. The van der Waals surface area contributed by atoms with Crippen LogP contribution >= 0.6 is 0 Å². The fourth-order valence-corrected chi connectivity index (χ4v) is 6.86. The van der Waals surface area contributed by atoms with Gasteiger partial charge in [-0.15, -0.1) is 0 Å².